The minimum absolute atomic E-state index is 0.499. The highest BCUT2D eigenvalue weighted by Gasteiger charge is 2.11. The fourth-order valence-corrected chi connectivity index (χ4v) is 1.92. The van der Waals surface area contributed by atoms with Crippen molar-refractivity contribution in [2.24, 2.45) is 0 Å². The molecule has 3 nitrogen and oxygen atoms in total. The van der Waals surface area contributed by atoms with Gasteiger partial charge in [0.1, 0.15) is 0 Å². The number of hydrogen-bond donors (Lipinski definition) is 1. The predicted octanol–water partition coefficient (Wildman–Crippen LogP) is 3.66. The predicted molar refractivity (Wildman–Crippen MR) is 76.1 cm³/mol. The zero-order chi connectivity index (χ0) is 13.1. The number of aryl methyl sites for hydroxylation is 1. The quantitative estimate of drug-likeness (QED) is 0.678. The van der Waals surface area contributed by atoms with Crippen LogP contribution in [0.2, 0.25) is 5.02 Å². The van der Waals surface area contributed by atoms with Crippen molar-refractivity contribution in [3.63, 3.8) is 0 Å². The first kappa shape index (κ1) is 12.6. The van der Waals surface area contributed by atoms with Crippen LogP contribution in [0.1, 0.15) is 5.56 Å². The van der Waals surface area contributed by atoms with Crippen LogP contribution in [-0.2, 0) is 0 Å². The van der Waals surface area contributed by atoms with Crippen LogP contribution in [0.25, 0.3) is 0 Å². The number of anilines is 2. The fourth-order valence-electron chi connectivity index (χ4n) is 1.69. The van der Waals surface area contributed by atoms with Crippen LogP contribution in [0.4, 0.5) is 11.4 Å². The monoisotopic (exact) mass is 262 g/mol. The van der Waals surface area contributed by atoms with Gasteiger partial charge in [-0.25, -0.2) is 5.06 Å². The number of nitrogens with zero attached hydrogens (tertiary/aromatic N) is 1. The van der Waals surface area contributed by atoms with E-state index in [9.17, 15) is 0 Å². The van der Waals surface area contributed by atoms with E-state index in [1.807, 2.05) is 49.4 Å². The Labute approximate surface area is 112 Å². The third-order valence-electron chi connectivity index (χ3n) is 2.55. The maximum atomic E-state index is 6.18. The largest absolute Gasteiger partial charge is 0.397 e. The van der Waals surface area contributed by atoms with Crippen LogP contribution < -0.4 is 15.6 Å². The average molecular weight is 263 g/mol. The van der Waals surface area contributed by atoms with E-state index in [1.54, 1.807) is 12.1 Å². The standard InChI is InChI=1S/C14H15ClN2O/c1-10-8-12(16)14(15)13(9-10)17(2)18-11-6-4-3-5-7-11/h3-9H,16H2,1-2H3. The Kier molecular flexibility index (Phi) is 3.63. The normalized spacial score (nSPS) is 10.2. The van der Waals surface area contributed by atoms with Crippen molar-refractivity contribution in [2.75, 3.05) is 17.8 Å². The van der Waals surface area contributed by atoms with Crippen molar-refractivity contribution >= 4 is 23.0 Å². The molecule has 0 aliphatic heterocycles. The summed E-state index contributed by atoms with van der Waals surface area (Å²) in [5, 5.41) is 2.11. The highest BCUT2D eigenvalue weighted by molar-refractivity contribution is 6.35. The van der Waals surface area contributed by atoms with E-state index in [2.05, 4.69) is 0 Å². The number of benzene rings is 2. The number of para-hydroxylation sites is 1. The molecule has 4 heteroatoms. The van der Waals surface area contributed by atoms with Crippen molar-refractivity contribution in [1.82, 2.24) is 0 Å². The van der Waals surface area contributed by atoms with Gasteiger partial charge >= 0.3 is 0 Å². The average Bonchev–Trinajstić information content (AvgIpc) is 2.35. The molecule has 0 spiro atoms. The van der Waals surface area contributed by atoms with Crippen LogP contribution in [0, 0.1) is 6.92 Å². The summed E-state index contributed by atoms with van der Waals surface area (Å²) in [7, 11) is 1.80. The van der Waals surface area contributed by atoms with E-state index in [1.165, 1.54) is 0 Å². The SMILES string of the molecule is Cc1cc(N)c(Cl)c(N(C)Oc2ccccc2)c1. The second-order valence-electron chi connectivity index (χ2n) is 4.09. The van der Waals surface area contributed by atoms with Crippen LogP contribution in [-0.4, -0.2) is 7.05 Å². The van der Waals surface area contributed by atoms with E-state index in [0.29, 0.717) is 10.7 Å². The lowest BCUT2D eigenvalue weighted by atomic mass is 10.2. The summed E-state index contributed by atoms with van der Waals surface area (Å²) < 4.78 is 0. The molecule has 94 valence electrons. The van der Waals surface area contributed by atoms with E-state index >= 15 is 0 Å². The van der Waals surface area contributed by atoms with Gasteiger partial charge in [-0.3, -0.25) is 0 Å². The van der Waals surface area contributed by atoms with Gasteiger partial charge in [0.05, 0.1) is 16.4 Å². The fraction of sp³-hybridized carbons (Fsp3) is 0.143. The van der Waals surface area contributed by atoms with Crippen LogP contribution in [0.5, 0.6) is 5.75 Å². The first-order valence-corrected chi connectivity index (χ1v) is 5.98. The summed E-state index contributed by atoms with van der Waals surface area (Å²) in [5.41, 5.74) is 8.18. The Balaban J connectivity index is 2.26. The first-order chi connectivity index (χ1) is 8.58. The first-order valence-electron chi connectivity index (χ1n) is 5.60. The van der Waals surface area contributed by atoms with Gasteiger partial charge in [-0.2, -0.15) is 0 Å². The Morgan fingerprint density at radius 1 is 1.17 bits per heavy atom. The molecule has 0 radical (unpaired) electrons. The second kappa shape index (κ2) is 5.19. The molecule has 0 fully saturated rings. The van der Waals surface area contributed by atoms with Crippen LogP contribution >= 0.6 is 11.6 Å². The Hall–Kier alpha value is -1.87. The minimum atomic E-state index is 0.499. The summed E-state index contributed by atoms with van der Waals surface area (Å²) in [6, 6.07) is 13.3. The van der Waals surface area contributed by atoms with Crippen molar-refractivity contribution in [3.05, 3.63) is 53.1 Å². The molecule has 0 saturated carbocycles. The van der Waals surface area contributed by atoms with Gasteiger partial charge in [0.25, 0.3) is 0 Å². The van der Waals surface area contributed by atoms with Crippen molar-refractivity contribution < 1.29 is 4.84 Å². The lowest BCUT2D eigenvalue weighted by Gasteiger charge is -2.21. The molecule has 0 aliphatic carbocycles. The topological polar surface area (TPSA) is 38.5 Å². The number of nitrogens with two attached hydrogens (primary N) is 1. The van der Waals surface area contributed by atoms with Crippen molar-refractivity contribution in [1.29, 1.82) is 0 Å². The summed E-state index contributed by atoms with van der Waals surface area (Å²) in [6.07, 6.45) is 0. The van der Waals surface area contributed by atoms with Crippen molar-refractivity contribution in [3.8, 4) is 5.75 Å². The number of rotatable bonds is 3. The summed E-state index contributed by atoms with van der Waals surface area (Å²) in [5.74, 6) is 0.746. The highest BCUT2D eigenvalue weighted by Crippen LogP contribution is 2.32. The molecule has 2 aromatic carbocycles. The molecule has 0 amide bonds. The highest BCUT2D eigenvalue weighted by atomic mass is 35.5. The van der Waals surface area contributed by atoms with Gasteiger partial charge in [-0.05, 0) is 36.8 Å². The van der Waals surface area contributed by atoms with E-state index in [0.717, 1.165) is 17.0 Å². The maximum absolute atomic E-state index is 6.18. The Morgan fingerprint density at radius 2 is 1.83 bits per heavy atom. The van der Waals surface area contributed by atoms with Crippen molar-refractivity contribution in [2.45, 2.75) is 6.92 Å². The minimum Gasteiger partial charge on any atom is -0.397 e. The number of hydroxylamine groups is 1. The lowest BCUT2D eigenvalue weighted by molar-refractivity contribution is 0.303. The van der Waals surface area contributed by atoms with Gasteiger partial charge in [0.15, 0.2) is 5.75 Å². The molecule has 0 unspecified atom stereocenters. The third-order valence-corrected chi connectivity index (χ3v) is 2.96. The molecule has 0 saturated heterocycles. The second-order valence-corrected chi connectivity index (χ2v) is 4.47. The van der Waals surface area contributed by atoms with E-state index in [-0.39, 0.29) is 0 Å². The van der Waals surface area contributed by atoms with Gasteiger partial charge in [0, 0.05) is 7.05 Å². The Morgan fingerprint density at radius 3 is 2.50 bits per heavy atom. The molecule has 0 heterocycles. The van der Waals surface area contributed by atoms with Crippen LogP contribution in [0.3, 0.4) is 0 Å². The smallest absolute Gasteiger partial charge is 0.155 e. The van der Waals surface area contributed by atoms with Gasteiger partial charge in [-0.1, -0.05) is 29.8 Å². The number of nitrogen functional groups attached to an aromatic ring is 1. The lowest BCUT2D eigenvalue weighted by Crippen LogP contribution is -2.22. The van der Waals surface area contributed by atoms with Gasteiger partial charge in [0.2, 0.25) is 0 Å². The number of halogens is 1. The molecule has 0 aliphatic rings. The van der Waals surface area contributed by atoms with E-state index in [4.69, 9.17) is 22.2 Å². The molecule has 0 aromatic heterocycles. The molecule has 2 rings (SSSR count). The zero-order valence-electron chi connectivity index (χ0n) is 10.4. The molecule has 2 N–H and O–H groups in total. The summed E-state index contributed by atoms with van der Waals surface area (Å²) in [6.45, 7) is 1.96. The molecular formula is C14H15ClN2O. The number of hydrogen-bond acceptors (Lipinski definition) is 3. The van der Waals surface area contributed by atoms with Gasteiger partial charge < -0.3 is 10.6 Å². The molecule has 0 bridgehead atoms. The zero-order valence-corrected chi connectivity index (χ0v) is 11.1. The van der Waals surface area contributed by atoms with Gasteiger partial charge in [-0.15, -0.1) is 0 Å². The Bertz CT molecular complexity index is 543. The van der Waals surface area contributed by atoms with E-state index < -0.39 is 0 Å². The summed E-state index contributed by atoms with van der Waals surface area (Å²) in [4.78, 5) is 5.68. The maximum Gasteiger partial charge on any atom is 0.155 e. The molecule has 2 aromatic rings. The summed E-state index contributed by atoms with van der Waals surface area (Å²) >= 11 is 6.18. The third kappa shape index (κ3) is 2.68. The molecule has 0 atom stereocenters. The molecular weight excluding hydrogens is 248 g/mol. The van der Waals surface area contributed by atoms with Crippen LogP contribution in [0.15, 0.2) is 42.5 Å². The molecule has 18 heavy (non-hydrogen) atoms.